The molecule has 0 unspecified atom stereocenters. The average molecular weight is 275 g/mol. The number of nitrogens with one attached hydrogen (secondary N) is 1. The fourth-order valence-electron chi connectivity index (χ4n) is 1.87. The van der Waals surface area contributed by atoms with Gasteiger partial charge in [0.15, 0.2) is 0 Å². The first-order valence-corrected chi connectivity index (χ1v) is 6.54. The number of hydrogen-bond donors (Lipinski definition) is 1. The molecule has 19 heavy (non-hydrogen) atoms. The third kappa shape index (κ3) is 3.12. The van der Waals surface area contributed by atoms with Gasteiger partial charge >= 0.3 is 0 Å². The van der Waals surface area contributed by atoms with Gasteiger partial charge in [-0.1, -0.05) is 48.0 Å². The van der Waals surface area contributed by atoms with Gasteiger partial charge in [-0.3, -0.25) is 4.79 Å². The molecule has 0 spiro atoms. The van der Waals surface area contributed by atoms with Crippen molar-refractivity contribution >= 4 is 28.3 Å². The lowest BCUT2D eigenvalue weighted by atomic mass is 10.1. The van der Waals surface area contributed by atoms with Crippen molar-refractivity contribution in [2.45, 2.75) is 13.3 Å². The summed E-state index contributed by atoms with van der Waals surface area (Å²) in [7, 11) is 0. The van der Waals surface area contributed by atoms with E-state index < -0.39 is 0 Å². The monoisotopic (exact) mass is 274 g/mol. The molecule has 2 rings (SSSR count). The summed E-state index contributed by atoms with van der Waals surface area (Å²) in [6.07, 6.45) is 6.32. The van der Waals surface area contributed by atoms with Crippen LogP contribution in [0.4, 0.5) is 0 Å². The molecular weight excluding hydrogens is 260 g/mol. The van der Waals surface area contributed by atoms with Gasteiger partial charge in [-0.05, 0) is 18.7 Å². The van der Waals surface area contributed by atoms with E-state index in [9.17, 15) is 4.79 Å². The van der Waals surface area contributed by atoms with E-state index in [0.717, 1.165) is 17.2 Å². The second-order valence-corrected chi connectivity index (χ2v) is 4.48. The van der Waals surface area contributed by atoms with Crippen molar-refractivity contribution in [3.05, 3.63) is 53.3 Å². The number of fused-ring (bicyclic) bond motifs is 1. The van der Waals surface area contributed by atoms with Gasteiger partial charge in [0.05, 0.1) is 5.56 Å². The van der Waals surface area contributed by atoms with Crippen LogP contribution in [-0.2, 0) is 0 Å². The van der Waals surface area contributed by atoms with E-state index in [1.165, 1.54) is 6.20 Å². The molecule has 3 nitrogen and oxygen atoms in total. The Balaban J connectivity index is 2.25. The first-order valence-electron chi connectivity index (χ1n) is 6.16. The maximum absolute atomic E-state index is 12.1. The summed E-state index contributed by atoms with van der Waals surface area (Å²) >= 11 is 6.03. The molecule has 0 aliphatic carbocycles. The van der Waals surface area contributed by atoms with Crippen molar-refractivity contribution in [1.29, 1.82) is 0 Å². The highest BCUT2D eigenvalue weighted by Gasteiger charge is 2.11. The quantitative estimate of drug-likeness (QED) is 0.526. The summed E-state index contributed by atoms with van der Waals surface area (Å²) < 4.78 is 0. The average Bonchev–Trinajstić information content (AvgIpc) is 2.44. The molecule has 98 valence electrons. The normalized spacial score (nSPS) is 11.1. The predicted molar refractivity (Wildman–Crippen MR) is 78.5 cm³/mol. The SMILES string of the molecule is C/C=C/CCNC(=O)c1cnc(Cl)c2ccccc12. The van der Waals surface area contributed by atoms with Crippen LogP contribution in [0.5, 0.6) is 0 Å². The van der Waals surface area contributed by atoms with Crippen molar-refractivity contribution < 1.29 is 4.79 Å². The Labute approximate surface area is 117 Å². The van der Waals surface area contributed by atoms with Crippen molar-refractivity contribution in [2.24, 2.45) is 0 Å². The highest BCUT2D eigenvalue weighted by atomic mass is 35.5. The third-order valence-corrected chi connectivity index (χ3v) is 3.12. The maximum Gasteiger partial charge on any atom is 0.253 e. The van der Waals surface area contributed by atoms with Gasteiger partial charge in [-0.25, -0.2) is 4.98 Å². The van der Waals surface area contributed by atoms with Crippen molar-refractivity contribution in [1.82, 2.24) is 10.3 Å². The number of carbonyl (C=O) groups excluding carboxylic acids is 1. The Morgan fingerprint density at radius 3 is 2.84 bits per heavy atom. The van der Waals surface area contributed by atoms with Gasteiger partial charge < -0.3 is 5.32 Å². The zero-order valence-electron chi connectivity index (χ0n) is 10.7. The van der Waals surface area contributed by atoms with Crippen LogP contribution in [0.1, 0.15) is 23.7 Å². The fourth-order valence-corrected chi connectivity index (χ4v) is 2.08. The van der Waals surface area contributed by atoms with Crippen LogP contribution in [0.3, 0.4) is 0 Å². The largest absolute Gasteiger partial charge is 0.352 e. The molecule has 1 heterocycles. The topological polar surface area (TPSA) is 42.0 Å². The Bertz CT molecular complexity index is 623. The van der Waals surface area contributed by atoms with E-state index in [1.54, 1.807) is 0 Å². The minimum absolute atomic E-state index is 0.120. The second-order valence-electron chi connectivity index (χ2n) is 4.12. The van der Waals surface area contributed by atoms with Gasteiger partial charge in [-0.2, -0.15) is 0 Å². The number of pyridine rings is 1. The Hall–Kier alpha value is -1.87. The number of benzene rings is 1. The molecule has 1 aromatic carbocycles. The smallest absolute Gasteiger partial charge is 0.253 e. The minimum Gasteiger partial charge on any atom is -0.352 e. The Kier molecular flexibility index (Phi) is 4.53. The van der Waals surface area contributed by atoms with Gasteiger partial charge in [0.25, 0.3) is 5.91 Å². The van der Waals surface area contributed by atoms with Crippen LogP contribution in [0.15, 0.2) is 42.6 Å². The predicted octanol–water partition coefficient (Wildman–Crippen LogP) is 3.58. The third-order valence-electron chi connectivity index (χ3n) is 2.82. The molecule has 0 saturated carbocycles. The van der Waals surface area contributed by atoms with E-state index >= 15 is 0 Å². The molecule has 0 aliphatic heterocycles. The van der Waals surface area contributed by atoms with Crippen molar-refractivity contribution in [3.8, 4) is 0 Å². The molecule has 0 bridgehead atoms. The van der Waals surface area contributed by atoms with Crippen LogP contribution >= 0.6 is 11.6 Å². The lowest BCUT2D eigenvalue weighted by molar-refractivity contribution is 0.0955. The number of rotatable bonds is 4. The van der Waals surface area contributed by atoms with E-state index in [1.807, 2.05) is 43.3 Å². The highest BCUT2D eigenvalue weighted by Crippen LogP contribution is 2.23. The highest BCUT2D eigenvalue weighted by molar-refractivity contribution is 6.34. The van der Waals surface area contributed by atoms with E-state index in [-0.39, 0.29) is 5.91 Å². The summed E-state index contributed by atoms with van der Waals surface area (Å²) in [5.41, 5.74) is 0.556. The number of halogens is 1. The maximum atomic E-state index is 12.1. The molecule has 2 aromatic rings. The second kappa shape index (κ2) is 6.34. The number of nitrogens with zero attached hydrogens (tertiary/aromatic N) is 1. The molecule has 1 amide bonds. The van der Waals surface area contributed by atoms with Gasteiger partial charge in [0.2, 0.25) is 0 Å². The molecule has 0 aliphatic rings. The molecule has 1 aromatic heterocycles. The van der Waals surface area contributed by atoms with E-state index in [2.05, 4.69) is 10.3 Å². The molecule has 4 heteroatoms. The number of hydrogen-bond acceptors (Lipinski definition) is 2. The number of amides is 1. The minimum atomic E-state index is -0.120. The molecular formula is C15H15ClN2O. The first kappa shape index (κ1) is 13.6. The van der Waals surface area contributed by atoms with Crippen molar-refractivity contribution in [3.63, 3.8) is 0 Å². The zero-order chi connectivity index (χ0) is 13.7. The standard InChI is InChI=1S/C15H15ClN2O/c1-2-3-6-9-17-15(19)13-10-18-14(16)12-8-5-4-7-11(12)13/h2-5,7-8,10H,6,9H2,1H3,(H,17,19)/b3-2+. The zero-order valence-corrected chi connectivity index (χ0v) is 11.4. The molecule has 0 fully saturated rings. The van der Waals surface area contributed by atoms with Crippen LogP contribution < -0.4 is 5.32 Å². The van der Waals surface area contributed by atoms with Crippen LogP contribution in [0, 0.1) is 0 Å². The van der Waals surface area contributed by atoms with E-state index in [0.29, 0.717) is 17.3 Å². The lowest BCUT2D eigenvalue weighted by Crippen LogP contribution is -2.24. The first-order chi connectivity index (χ1) is 9.24. The molecule has 1 N–H and O–H groups in total. The van der Waals surface area contributed by atoms with Gasteiger partial charge in [0.1, 0.15) is 5.15 Å². The summed E-state index contributed by atoms with van der Waals surface area (Å²) in [4.78, 5) is 16.2. The number of aromatic nitrogens is 1. The van der Waals surface area contributed by atoms with Crippen LogP contribution in [0.25, 0.3) is 10.8 Å². The fraction of sp³-hybridized carbons (Fsp3) is 0.200. The molecule has 0 atom stereocenters. The Morgan fingerprint density at radius 2 is 2.11 bits per heavy atom. The van der Waals surface area contributed by atoms with Gasteiger partial charge in [0, 0.05) is 18.1 Å². The van der Waals surface area contributed by atoms with Crippen LogP contribution in [0.2, 0.25) is 5.15 Å². The lowest BCUT2D eigenvalue weighted by Gasteiger charge is -2.07. The summed E-state index contributed by atoms with van der Waals surface area (Å²) in [6, 6.07) is 7.50. The Morgan fingerprint density at radius 1 is 1.37 bits per heavy atom. The molecule has 0 saturated heterocycles. The van der Waals surface area contributed by atoms with Crippen LogP contribution in [-0.4, -0.2) is 17.4 Å². The molecule has 0 radical (unpaired) electrons. The number of allylic oxidation sites excluding steroid dienone is 1. The summed E-state index contributed by atoms with van der Waals surface area (Å²) in [5, 5.41) is 4.91. The summed E-state index contributed by atoms with van der Waals surface area (Å²) in [6.45, 7) is 2.57. The van der Waals surface area contributed by atoms with Crippen molar-refractivity contribution in [2.75, 3.05) is 6.54 Å². The van der Waals surface area contributed by atoms with E-state index in [4.69, 9.17) is 11.6 Å². The van der Waals surface area contributed by atoms with Gasteiger partial charge in [-0.15, -0.1) is 0 Å². The summed E-state index contributed by atoms with van der Waals surface area (Å²) in [5.74, 6) is -0.120. The number of carbonyl (C=O) groups is 1.